The summed E-state index contributed by atoms with van der Waals surface area (Å²) < 4.78 is 0. The van der Waals surface area contributed by atoms with Gasteiger partial charge in [-0.15, -0.1) is 12.4 Å². The molecule has 2 aliphatic heterocycles. The Morgan fingerprint density at radius 3 is 2.62 bits per heavy atom. The molecule has 0 bridgehead atoms. The van der Waals surface area contributed by atoms with Crippen LogP contribution in [0.1, 0.15) is 19.3 Å². The largest absolute Gasteiger partial charge is 0.341 e. The number of amides is 4. The van der Waals surface area contributed by atoms with Gasteiger partial charge in [0.25, 0.3) is 5.91 Å². The first kappa shape index (κ1) is 20.5. The summed E-state index contributed by atoms with van der Waals surface area (Å²) >= 11 is 5.84. The number of hydrogen-bond donors (Lipinski definition) is 2. The quantitative estimate of drug-likeness (QED) is 0.754. The fourth-order valence-electron chi connectivity index (χ4n) is 3.08. The maximum Gasteiger partial charge on any atom is 0.329 e. The third-order valence-corrected chi connectivity index (χ3v) is 4.70. The summed E-state index contributed by atoms with van der Waals surface area (Å²) in [6.07, 6.45) is 1.47. The number of urea groups is 1. The van der Waals surface area contributed by atoms with Gasteiger partial charge in [-0.3, -0.25) is 9.59 Å². The van der Waals surface area contributed by atoms with Crippen LogP contribution in [0.5, 0.6) is 0 Å². The lowest BCUT2D eigenvalue weighted by Crippen LogP contribution is -2.36. The van der Waals surface area contributed by atoms with E-state index in [9.17, 15) is 14.4 Å². The minimum atomic E-state index is -0.669. The minimum Gasteiger partial charge on any atom is -0.341 e. The molecular weight excluding hydrogens is 379 g/mol. The second kappa shape index (κ2) is 9.21. The average Bonchev–Trinajstić information content (AvgIpc) is 2.80. The second-order valence-corrected chi connectivity index (χ2v) is 6.61. The first-order valence-electron chi connectivity index (χ1n) is 8.45. The van der Waals surface area contributed by atoms with Crippen molar-refractivity contribution < 1.29 is 14.4 Å². The van der Waals surface area contributed by atoms with E-state index in [1.165, 1.54) is 0 Å². The molecule has 9 heteroatoms. The average molecular weight is 401 g/mol. The Morgan fingerprint density at radius 2 is 1.88 bits per heavy atom. The molecule has 0 radical (unpaired) electrons. The molecule has 7 nitrogen and oxygen atoms in total. The molecule has 1 aromatic carbocycles. The Bertz CT molecular complexity index is 660. The maximum absolute atomic E-state index is 12.5. The zero-order valence-corrected chi connectivity index (χ0v) is 15.8. The van der Waals surface area contributed by atoms with Crippen molar-refractivity contribution in [3.8, 4) is 0 Å². The lowest BCUT2D eigenvalue weighted by Gasteiger charge is -2.20. The van der Waals surface area contributed by atoms with Crippen LogP contribution in [0.15, 0.2) is 24.3 Å². The summed E-state index contributed by atoms with van der Waals surface area (Å²) in [7, 11) is 0. The molecule has 1 aromatic rings. The van der Waals surface area contributed by atoms with Crippen LogP contribution in [0, 0.1) is 0 Å². The highest BCUT2D eigenvalue weighted by Gasteiger charge is 2.39. The van der Waals surface area contributed by atoms with Crippen molar-refractivity contribution in [3.05, 3.63) is 29.3 Å². The Hall–Kier alpha value is -1.83. The van der Waals surface area contributed by atoms with Crippen LogP contribution in [0.3, 0.4) is 0 Å². The van der Waals surface area contributed by atoms with E-state index in [-0.39, 0.29) is 30.6 Å². The molecule has 3 rings (SSSR count). The predicted octanol–water partition coefficient (Wildman–Crippen LogP) is 1.79. The summed E-state index contributed by atoms with van der Waals surface area (Å²) in [5.41, 5.74) is 0.472. The van der Waals surface area contributed by atoms with Crippen molar-refractivity contribution in [1.29, 1.82) is 0 Å². The molecular formula is C17H22Cl2N4O3. The monoisotopic (exact) mass is 400 g/mol. The van der Waals surface area contributed by atoms with Crippen molar-refractivity contribution in [2.45, 2.75) is 25.3 Å². The van der Waals surface area contributed by atoms with E-state index in [0.717, 1.165) is 31.0 Å². The molecule has 1 unspecified atom stereocenters. The Kier molecular flexibility index (Phi) is 7.25. The second-order valence-electron chi connectivity index (χ2n) is 6.18. The van der Waals surface area contributed by atoms with Crippen LogP contribution >= 0.6 is 24.0 Å². The number of nitrogens with zero attached hydrogens (tertiary/aromatic N) is 2. The molecule has 2 fully saturated rings. The Balaban J connectivity index is 0.00000243. The van der Waals surface area contributed by atoms with Crippen LogP contribution in [-0.4, -0.2) is 55.0 Å². The highest BCUT2D eigenvalue weighted by Crippen LogP contribution is 2.23. The number of hydrogen-bond acceptors (Lipinski definition) is 4. The highest BCUT2D eigenvalue weighted by molar-refractivity contribution is 6.30. The van der Waals surface area contributed by atoms with Crippen molar-refractivity contribution in [2.75, 3.05) is 31.1 Å². The molecule has 4 amide bonds. The summed E-state index contributed by atoms with van der Waals surface area (Å²) in [4.78, 5) is 39.9. The van der Waals surface area contributed by atoms with Gasteiger partial charge in [-0.1, -0.05) is 11.6 Å². The normalized spacial score (nSPS) is 20.4. The van der Waals surface area contributed by atoms with E-state index in [1.54, 1.807) is 24.3 Å². The van der Waals surface area contributed by atoms with E-state index in [4.69, 9.17) is 11.6 Å². The van der Waals surface area contributed by atoms with Crippen molar-refractivity contribution in [3.63, 3.8) is 0 Å². The van der Waals surface area contributed by atoms with Crippen molar-refractivity contribution >= 4 is 47.5 Å². The van der Waals surface area contributed by atoms with Crippen molar-refractivity contribution in [1.82, 2.24) is 15.5 Å². The van der Waals surface area contributed by atoms with Gasteiger partial charge in [0.2, 0.25) is 5.91 Å². The molecule has 0 spiro atoms. The zero-order valence-electron chi connectivity index (χ0n) is 14.2. The number of rotatable bonds is 4. The Labute approximate surface area is 163 Å². The summed E-state index contributed by atoms with van der Waals surface area (Å²) in [6, 6.07) is 5.36. The summed E-state index contributed by atoms with van der Waals surface area (Å²) in [5, 5.41) is 6.44. The van der Waals surface area contributed by atoms with E-state index in [1.807, 2.05) is 4.90 Å². The van der Waals surface area contributed by atoms with Gasteiger partial charge in [-0.05, 0) is 43.7 Å². The molecule has 142 valence electrons. The van der Waals surface area contributed by atoms with Gasteiger partial charge in [0, 0.05) is 31.1 Å². The molecule has 2 saturated heterocycles. The number of carbonyl (C=O) groups is 3. The standard InChI is InChI=1S/C17H21ClN4O3.ClH/c18-12-2-4-13(5-3-12)22-16(24)14(20-17(22)25)6-7-15(23)21-10-1-8-19-9-11-21;/h2-5,14,19H,1,6-11H2,(H,20,25);1H. The van der Waals surface area contributed by atoms with Gasteiger partial charge < -0.3 is 15.5 Å². The first-order chi connectivity index (χ1) is 12.1. The first-order valence-corrected chi connectivity index (χ1v) is 8.82. The van der Waals surface area contributed by atoms with Gasteiger partial charge >= 0.3 is 6.03 Å². The molecule has 0 saturated carbocycles. The van der Waals surface area contributed by atoms with E-state index in [0.29, 0.717) is 23.7 Å². The molecule has 0 aromatic heterocycles. The van der Waals surface area contributed by atoms with Crippen LogP contribution in [-0.2, 0) is 9.59 Å². The van der Waals surface area contributed by atoms with Gasteiger partial charge in [0.1, 0.15) is 6.04 Å². The maximum atomic E-state index is 12.5. The SMILES string of the molecule is Cl.O=C(CCC1NC(=O)N(c2ccc(Cl)cc2)C1=O)N1CCCNCC1. The third-order valence-electron chi connectivity index (χ3n) is 4.44. The fourth-order valence-corrected chi connectivity index (χ4v) is 3.21. The molecule has 0 aliphatic carbocycles. The number of halogens is 2. The number of imide groups is 1. The third kappa shape index (κ3) is 4.66. The number of anilines is 1. The lowest BCUT2D eigenvalue weighted by atomic mass is 10.1. The van der Waals surface area contributed by atoms with E-state index in [2.05, 4.69) is 10.6 Å². The van der Waals surface area contributed by atoms with Gasteiger partial charge in [-0.2, -0.15) is 0 Å². The van der Waals surface area contributed by atoms with Gasteiger partial charge in [-0.25, -0.2) is 9.69 Å². The number of carbonyl (C=O) groups excluding carboxylic acids is 3. The Morgan fingerprint density at radius 1 is 1.15 bits per heavy atom. The predicted molar refractivity (Wildman–Crippen MR) is 102 cm³/mol. The molecule has 2 heterocycles. The van der Waals surface area contributed by atoms with E-state index >= 15 is 0 Å². The number of nitrogens with one attached hydrogen (secondary N) is 2. The van der Waals surface area contributed by atoms with Crippen LogP contribution in [0.4, 0.5) is 10.5 Å². The van der Waals surface area contributed by atoms with Crippen LogP contribution < -0.4 is 15.5 Å². The van der Waals surface area contributed by atoms with Gasteiger partial charge in [0.15, 0.2) is 0 Å². The topological polar surface area (TPSA) is 81.8 Å². The lowest BCUT2D eigenvalue weighted by molar-refractivity contribution is -0.131. The van der Waals surface area contributed by atoms with Crippen LogP contribution in [0.25, 0.3) is 0 Å². The smallest absolute Gasteiger partial charge is 0.329 e. The highest BCUT2D eigenvalue weighted by atomic mass is 35.5. The number of benzene rings is 1. The van der Waals surface area contributed by atoms with Crippen LogP contribution in [0.2, 0.25) is 5.02 Å². The van der Waals surface area contributed by atoms with E-state index < -0.39 is 12.1 Å². The molecule has 2 aliphatic rings. The molecule has 1 atom stereocenters. The molecule has 26 heavy (non-hydrogen) atoms. The summed E-state index contributed by atoms with van der Waals surface area (Å²) in [5.74, 6) is -0.312. The van der Waals surface area contributed by atoms with Gasteiger partial charge in [0.05, 0.1) is 5.69 Å². The fraction of sp³-hybridized carbons (Fsp3) is 0.471. The summed E-state index contributed by atoms with van der Waals surface area (Å²) in [6.45, 7) is 3.11. The molecule has 2 N–H and O–H groups in total. The zero-order chi connectivity index (χ0) is 17.8. The minimum absolute atomic E-state index is 0. The van der Waals surface area contributed by atoms with Crippen molar-refractivity contribution in [2.24, 2.45) is 0 Å².